The van der Waals surface area contributed by atoms with Gasteiger partial charge < -0.3 is 5.32 Å². The van der Waals surface area contributed by atoms with Crippen molar-refractivity contribution in [2.24, 2.45) is 0 Å². The van der Waals surface area contributed by atoms with Gasteiger partial charge in [0.25, 0.3) is 5.91 Å². The third kappa shape index (κ3) is 2.89. The van der Waals surface area contributed by atoms with E-state index in [1.54, 1.807) is 12.3 Å². The Hall–Kier alpha value is -1.27. The molecule has 2 aromatic rings. The maximum atomic E-state index is 11.9. The fourth-order valence-corrected chi connectivity index (χ4v) is 2.38. The normalized spacial score (nSPS) is 10.3. The molecule has 0 saturated carbocycles. The van der Waals surface area contributed by atoms with E-state index < -0.39 is 0 Å². The number of aromatic nitrogens is 2. The lowest BCUT2D eigenvalue weighted by molar-refractivity contribution is 0.103. The molecule has 6 heteroatoms. The van der Waals surface area contributed by atoms with Gasteiger partial charge in [0.2, 0.25) is 0 Å². The minimum atomic E-state index is -0.150. The minimum Gasteiger partial charge on any atom is -0.320 e. The molecule has 0 fully saturated rings. The predicted molar refractivity (Wildman–Crippen MR) is 71.5 cm³/mol. The Morgan fingerprint density at radius 1 is 1.41 bits per heavy atom. The topological polar surface area (TPSA) is 54.9 Å². The summed E-state index contributed by atoms with van der Waals surface area (Å²) in [5.41, 5.74) is 1.48. The van der Waals surface area contributed by atoms with Gasteiger partial charge in [-0.2, -0.15) is 0 Å². The van der Waals surface area contributed by atoms with Crippen molar-refractivity contribution in [3.8, 4) is 0 Å². The maximum absolute atomic E-state index is 11.9. The molecule has 0 atom stereocenters. The monoisotopic (exact) mass is 311 g/mol. The highest BCUT2D eigenvalue weighted by atomic mass is 79.9. The van der Waals surface area contributed by atoms with E-state index >= 15 is 0 Å². The number of carbonyl (C=O) groups is 1. The number of hydrogen-bond acceptors (Lipinski definition) is 4. The summed E-state index contributed by atoms with van der Waals surface area (Å²) in [6, 6.07) is 3.61. The number of pyridine rings is 1. The van der Waals surface area contributed by atoms with Gasteiger partial charge in [-0.3, -0.25) is 4.79 Å². The zero-order valence-electron chi connectivity index (χ0n) is 9.32. The molecule has 1 N–H and O–H groups in total. The van der Waals surface area contributed by atoms with Gasteiger partial charge >= 0.3 is 0 Å². The molecule has 2 heterocycles. The molecule has 2 rings (SSSR count). The van der Waals surface area contributed by atoms with Crippen LogP contribution in [0, 0.1) is 13.8 Å². The van der Waals surface area contributed by atoms with Crippen LogP contribution >= 0.6 is 27.3 Å². The molecule has 0 aliphatic heterocycles. The van der Waals surface area contributed by atoms with Crippen LogP contribution in [-0.2, 0) is 0 Å². The van der Waals surface area contributed by atoms with Gasteiger partial charge in [0.15, 0.2) is 0 Å². The van der Waals surface area contributed by atoms with Crippen LogP contribution in [0.4, 0.5) is 5.69 Å². The molecule has 0 aliphatic carbocycles. The highest BCUT2D eigenvalue weighted by Crippen LogP contribution is 2.18. The summed E-state index contributed by atoms with van der Waals surface area (Å²) in [7, 11) is 0. The Balaban J connectivity index is 2.18. The lowest BCUT2D eigenvalue weighted by atomic mass is 10.3. The van der Waals surface area contributed by atoms with E-state index in [1.807, 2.05) is 19.9 Å². The largest absolute Gasteiger partial charge is 0.320 e. The number of amides is 1. The molecule has 0 radical (unpaired) electrons. The van der Waals surface area contributed by atoms with Gasteiger partial charge in [-0.1, -0.05) is 0 Å². The molecule has 0 spiro atoms. The average molecular weight is 312 g/mol. The molecule has 1 amide bonds. The van der Waals surface area contributed by atoms with Gasteiger partial charge in [0.1, 0.15) is 9.48 Å². The summed E-state index contributed by atoms with van der Waals surface area (Å²) in [6.45, 7) is 3.71. The van der Waals surface area contributed by atoms with Crippen LogP contribution < -0.4 is 5.32 Å². The number of halogens is 1. The smallest absolute Gasteiger partial charge is 0.267 e. The second-order valence-electron chi connectivity index (χ2n) is 3.46. The molecule has 0 bridgehead atoms. The number of carbonyl (C=O) groups excluding carboxylic acids is 1. The van der Waals surface area contributed by atoms with Crippen molar-refractivity contribution < 1.29 is 4.79 Å². The Bertz CT molecular complexity index is 568. The van der Waals surface area contributed by atoms with E-state index in [9.17, 15) is 4.79 Å². The average Bonchev–Trinajstić information content (AvgIpc) is 2.69. The SMILES string of the molecule is Cc1ncc(C(=O)Nc2ccc(Br)nc2C)s1. The fraction of sp³-hybridized carbons (Fsp3) is 0.182. The molecule has 4 nitrogen and oxygen atoms in total. The Kier molecular flexibility index (Phi) is 3.54. The summed E-state index contributed by atoms with van der Waals surface area (Å²) < 4.78 is 0.752. The summed E-state index contributed by atoms with van der Waals surface area (Å²) in [5, 5.41) is 3.69. The molecular weight excluding hydrogens is 302 g/mol. The molecule has 17 heavy (non-hydrogen) atoms. The van der Waals surface area contributed by atoms with Crippen LogP contribution in [0.15, 0.2) is 22.9 Å². The lowest BCUT2D eigenvalue weighted by Crippen LogP contribution is -2.11. The first-order chi connectivity index (χ1) is 8.06. The van der Waals surface area contributed by atoms with Crippen molar-refractivity contribution in [1.82, 2.24) is 9.97 Å². The Morgan fingerprint density at radius 2 is 2.18 bits per heavy atom. The number of thiazole rings is 1. The van der Waals surface area contributed by atoms with E-state index in [2.05, 4.69) is 31.2 Å². The maximum Gasteiger partial charge on any atom is 0.267 e. The third-order valence-electron chi connectivity index (χ3n) is 2.15. The molecule has 0 unspecified atom stereocenters. The Morgan fingerprint density at radius 3 is 2.76 bits per heavy atom. The fourth-order valence-electron chi connectivity index (χ4n) is 1.31. The van der Waals surface area contributed by atoms with Gasteiger partial charge in [-0.25, -0.2) is 9.97 Å². The van der Waals surface area contributed by atoms with Crippen LogP contribution in [-0.4, -0.2) is 15.9 Å². The summed E-state index contributed by atoms with van der Waals surface area (Å²) in [6.07, 6.45) is 1.58. The van der Waals surface area contributed by atoms with E-state index in [0.717, 1.165) is 15.3 Å². The van der Waals surface area contributed by atoms with E-state index in [4.69, 9.17) is 0 Å². The van der Waals surface area contributed by atoms with Gasteiger partial charge in [-0.15, -0.1) is 11.3 Å². The van der Waals surface area contributed by atoms with Crippen molar-refractivity contribution in [3.63, 3.8) is 0 Å². The second-order valence-corrected chi connectivity index (χ2v) is 5.51. The van der Waals surface area contributed by atoms with Crippen LogP contribution in [0.3, 0.4) is 0 Å². The number of anilines is 1. The van der Waals surface area contributed by atoms with Gasteiger partial charge in [0.05, 0.1) is 22.6 Å². The number of nitrogens with zero attached hydrogens (tertiary/aromatic N) is 2. The molecule has 0 saturated heterocycles. The summed E-state index contributed by atoms with van der Waals surface area (Å²) in [4.78, 5) is 20.8. The molecule has 88 valence electrons. The molecule has 0 aromatic carbocycles. The number of nitrogens with one attached hydrogen (secondary N) is 1. The van der Waals surface area contributed by atoms with E-state index in [1.165, 1.54) is 11.3 Å². The highest BCUT2D eigenvalue weighted by Gasteiger charge is 2.10. The first-order valence-electron chi connectivity index (χ1n) is 4.93. The van der Waals surface area contributed by atoms with Crippen molar-refractivity contribution in [2.45, 2.75) is 13.8 Å². The quantitative estimate of drug-likeness (QED) is 0.867. The van der Waals surface area contributed by atoms with E-state index in [-0.39, 0.29) is 5.91 Å². The first-order valence-corrected chi connectivity index (χ1v) is 6.54. The van der Waals surface area contributed by atoms with Crippen LogP contribution in [0.1, 0.15) is 20.4 Å². The van der Waals surface area contributed by atoms with Crippen molar-refractivity contribution in [3.05, 3.63) is 38.5 Å². The van der Waals surface area contributed by atoms with Gasteiger partial charge in [-0.05, 0) is 41.9 Å². The van der Waals surface area contributed by atoms with Crippen LogP contribution in [0.25, 0.3) is 0 Å². The summed E-state index contributed by atoms with van der Waals surface area (Å²) in [5.74, 6) is -0.150. The molecular formula is C11H10BrN3OS. The highest BCUT2D eigenvalue weighted by molar-refractivity contribution is 9.10. The second kappa shape index (κ2) is 4.93. The molecule has 0 aliphatic rings. The number of rotatable bonds is 2. The van der Waals surface area contributed by atoms with Gasteiger partial charge in [0, 0.05) is 0 Å². The van der Waals surface area contributed by atoms with Crippen molar-refractivity contribution in [2.75, 3.05) is 5.32 Å². The number of hydrogen-bond donors (Lipinski definition) is 1. The lowest BCUT2D eigenvalue weighted by Gasteiger charge is -2.06. The predicted octanol–water partition coefficient (Wildman–Crippen LogP) is 3.17. The zero-order chi connectivity index (χ0) is 12.4. The number of aryl methyl sites for hydroxylation is 2. The first kappa shape index (κ1) is 12.2. The molecule has 2 aromatic heterocycles. The standard InChI is InChI=1S/C11H10BrN3OS/c1-6-8(3-4-10(12)14-6)15-11(16)9-5-13-7(2)17-9/h3-5H,1-2H3,(H,15,16). The Labute approximate surface area is 111 Å². The van der Waals surface area contributed by atoms with Crippen LogP contribution in [0.2, 0.25) is 0 Å². The van der Waals surface area contributed by atoms with E-state index in [0.29, 0.717) is 10.6 Å². The summed E-state index contributed by atoms with van der Waals surface area (Å²) >= 11 is 4.65. The zero-order valence-corrected chi connectivity index (χ0v) is 11.7. The van der Waals surface area contributed by atoms with Crippen molar-refractivity contribution in [1.29, 1.82) is 0 Å². The minimum absolute atomic E-state index is 0.150. The van der Waals surface area contributed by atoms with Crippen LogP contribution in [0.5, 0.6) is 0 Å². The van der Waals surface area contributed by atoms with Crippen molar-refractivity contribution >= 4 is 38.9 Å². The third-order valence-corrected chi connectivity index (χ3v) is 3.50.